The van der Waals surface area contributed by atoms with Crippen molar-refractivity contribution in [2.75, 3.05) is 33.5 Å². The molecular formula is C39H49N3O9. The van der Waals surface area contributed by atoms with Crippen molar-refractivity contribution in [2.24, 2.45) is 22.9 Å². The summed E-state index contributed by atoms with van der Waals surface area (Å²) in [5, 5.41) is 45.9. The Kier molecular flexibility index (Phi) is 12.7. The van der Waals surface area contributed by atoms with Crippen molar-refractivity contribution < 1.29 is 39.3 Å². The van der Waals surface area contributed by atoms with E-state index in [1.807, 2.05) is 6.92 Å². The number of nitro benzene ring substituents is 1. The Bertz CT molecular complexity index is 1640. The standard InChI is InChI=1S/C39H49N3O9/c1-4-22-49-39-35(41(3)36(46)19-14-26-12-15-28(16-13-26)42(47)48)25-33(40-50-5-2)31-23-27(10-6-8-20-43)30(11-7-9-21-44)37(38(31)39)32-24-29(45)17-18-34(32)51-39/h4,12-19,23-24,27,30,35,37-38,43-45H,1,5-11,20-22,25H2,2-3H3. The number of nitro groups is 1. The summed E-state index contributed by atoms with van der Waals surface area (Å²) in [6.07, 6.45) is 11.7. The number of nitrogens with zero attached hydrogens (tertiary/aromatic N) is 3. The van der Waals surface area contributed by atoms with Crippen LogP contribution in [0.2, 0.25) is 0 Å². The number of allylic oxidation sites excluding steroid dienone is 1. The summed E-state index contributed by atoms with van der Waals surface area (Å²) in [5.41, 5.74) is 3.02. The number of hydrogen-bond donors (Lipinski definition) is 3. The number of non-ortho nitro benzene ring substituents is 1. The number of aliphatic hydroxyl groups excluding tert-OH is 2. The summed E-state index contributed by atoms with van der Waals surface area (Å²) in [6, 6.07) is 10.3. The molecule has 12 heteroatoms. The van der Waals surface area contributed by atoms with Gasteiger partial charge in [-0.1, -0.05) is 30.1 Å². The molecule has 1 amide bonds. The molecule has 3 aliphatic rings. The first kappa shape index (κ1) is 37.7. The zero-order chi connectivity index (χ0) is 36.5. The van der Waals surface area contributed by atoms with Crippen LogP contribution in [0.25, 0.3) is 6.08 Å². The topological polar surface area (TPSA) is 164 Å². The van der Waals surface area contributed by atoms with Crippen LogP contribution in [0.5, 0.6) is 11.5 Å². The number of fused-ring (bicyclic) bond motifs is 2. The third kappa shape index (κ3) is 8.03. The zero-order valence-corrected chi connectivity index (χ0v) is 29.4. The number of rotatable bonds is 17. The highest BCUT2D eigenvalue weighted by Gasteiger charge is 2.65. The Morgan fingerprint density at radius 1 is 1.14 bits per heavy atom. The highest BCUT2D eigenvalue weighted by Crippen LogP contribution is 2.61. The molecule has 1 fully saturated rings. The van der Waals surface area contributed by atoms with E-state index in [2.05, 4.69) is 17.8 Å². The maximum absolute atomic E-state index is 14.0. The van der Waals surface area contributed by atoms with Crippen molar-refractivity contribution >= 4 is 23.4 Å². The van der Waals surface area contributed by atoms with E-state index < -0.39 is 22.7 Å². The summed E-state index contributed by atoms with van der Waals surface area (Å²) < 4.78 is 13.8. The zero-order valence-electron chi connectivity index (χ0n) is 29.4. The second-order valence-corrected chi connectivity index (χ2v) is 13.3. The van der Waals surface area contributed by atoms with Gasteiger partial charge in [0.25, 0.3) is 5.69 Å². The Hall–Kier alpha value is -4.52. The second kappa shape index (κ2) is 17.1. The van der Waals surface area contributed by atoms with E-state index in [1.54, 1.807) is 54.4 Å². The van der Waals surface area contributed by atoms with Crippen molar-refractivity contribution in [1.82, 2.24) is 4.90 Å². The van der Waals surface area contributed by atoms with Crippen LogP contribution in [0.4, 0.5) is 5.69 Å². The van der Waals surface area contributed by atoms with Gasteiger partial charge < -0.3 is 34.5 Å². The number of unbranched alkanes of at least 4 members (excludes halogenated alkanes) is 2. The second-order valence-electron chi connectivity index (χ2n) is 13.3. The van der Waals surface area contributed by atoms with Crippen LogP contribution < -0.4 is 4.74 Å². The number of carbonyl (C=O) groups excluding carboxylic acids is 1. The lowest BCUT2D eigenvalue weighted by atomic mass is 9.55. The molecule has 1 aliphatic heterocycles. The van der Waals surface area contributed by atoms with E-state index in [-0.39, 0.29) is 61.3 Å². The average Bonchev–Trinajstić information content (AvgIpc) is 3.13. The number of aliphatic hydroxyl groups is 2. The predicted octanol–water partition coefficient (Wildman–Crippen LogP) is 6.13. The summed E-state index contributed by atoms with van der Waals surface area (Å²) in [5.74, 6) is -1.62. The molecule has 1 heterocycles. The van der Waals surface area contributed by atoms with Gasteiger partial charge in [-0.15, -0.1) is 6.58 Å². The molecule has 12 nitrogen and oxygen atoms in total. The first-order chi connectivity index (χ1) is 24.7. The van der Waals surface area contributed by atoms with Crippen molar-refractivity contribution in [3.05, 3.63) is 94.1 Å². The minimum absolute atomic E-state index is 0.0422. The fourth-order valence-electron chi connectivity index (χ4n) is 8.03. The Balaban J connectivity index is 1.66. The third-order valence-electron chi connectivity index (χ3n) is 10.3. The number of ether oxygens (including phenoxy) is 2. The third-order valence-corrected chi connectivity index (χ3v) is 10.3. The lowest BCUT2D eigenvalue weighted by Gasteiger charge is -2.59. The number of phenols is 1. The Morgan fingerprint density at radius 3 is 2.53 bits per heavy atom. The van der Waals surface area contributed by atoms with Gasteiger partial charge in [-0.05, 0) is 92.0 Å². The van der Waals surface area contributed by atoms with Crippen molar-refractivity contribution in [2.45, 2.75) is 69.6 Å². The van der Waals surface area contributed by atoms with E-state index in [9.17, 15) is 30.2 Å². The molecule has 5 rings (SSSR count). The highest BCUT2D eigenvalue weighted by molar-refractivity contribution is 6.03. The normalized spacial score (nSPS) is 25.8. The van der Waals surface area contributed by atoms with Crippen LogP contribution in [-0.4, -0.2) is 82.1 Å². The Morgan fingerprint density at radius 2 is 1.86 bits per heavy atom. The van der Waals surface area contributed by atoms with Crippen LogP contribution >= 0.6 is 0 Å². The SMILES string of the molecule is C=CCOC12Oc3ccc(O)cc3C3C(CCCCO)C(CCCCO)C=C(C(=NOCC)CC1N(C)C(=O)C=Cc1ccc([N+](=O)[O-])cc1)C32. The van der Waals surface area contributed by atoms with Gasteiger partial charge in [-0.3, -0.25) is 14.9 Å². The molecule has 1 saturated carbocycles. The van der Waals surface area contributed by atoms with Crippen molar-refractivity contribution in [1.29, 1.82) is 0 Å². The fraction of sp³-hybridized carbons (Fsp3) is 0.487. The van der Waals surface area contributed by atoms with E-state index in [0.29, 0.717) is 36.5 Å². The lowest BCUT2D eigenvalue weighted by Crippen LogP contribution is -2.69. The summed E-state index contributed by atoms with van der Waals surface area (Å²) in [6.45, 7) is 6.44. The molecule has 0 radical (unpaired) electrons. The molecule has 0 saturated heterocycles. The summed E-state index contributed by atoms with van der Waals surface area (Å²) in [4.78, 5) is 32.0. The molecule has 2 aromatic rings. The van der Waals surface area contributed by atoms with E-state index in [4.69, 9.17) is 14.3 Å². The number of aromatic hydroxyl groups is 1. The van der Waals surface area contributed by atoms with Crippen LogP contribution in [0.3, 0.4) is 0 Å². The molecule has 0 bridgehead atoms. The molecular weight excluding hydrogens is 654 g/mol. The number of phenolic OH excluding ortho intramolecular Hbond substituents is 1. The molecule has 2 aliphatic carbocycles. The van der Waals surface area contributed by atoms with Crippen molar-refractivity contribution in [3.8, 4) is 11.5 Å². The first-order valence-electron chi connectivity index (χ1n) is 17.8. The van der Waals surface area contributed by atoms with E-state index in [0.717, 1.165) is 36.8 Å². The average molecular weight is 704 g/mol. The molecule has 51 heavy (non-hydrogen) atoms. The van der Waals surface area contributed by atoms with Gasteiger partial charge >= 0.3 is 0 Å². The van der Waals surface area contributed by atoms with Crippen LogP contribution in [-0.2, 0) is 14.4 Å². The smallest absolute Gasteiger partial charge is 0.269 e. The van der Waals surface area contributed by atoms with Crippen LogP contribution in [0, 0.1) is 27.9 Å². The number of hydrogen-bond acceptors (Lipinski definition) is 10. The first-order valence-corrected chi connectivity index (χ1v) is 17.8. The number of benzene rings is 2. The minimum atomic E-state index is -1.39. The fourth-order valence-corrected chi connectivity index (χ4v) is 8.03. The molecule has 6 unspecified atom stereocenters. The van der Waals surface area contributed by atoms with Gasteiger partial charge in [0, 0.05) is 56.4 Å². The van der Waals surface area contributed by atoms with Gasteiger partial charge in [0.2, 0.25) is 11.7 Å². The molecule has 274 valence electrons. The molecule has 0 spiro atoms. The summed E-state index contributed by atoms with van der Waals surface area (Å²) >= 11 is 0. The van der Waals surface area contributed by atoms with Crippen LogP contribution in [0.15, 0.2) is 78.0 Å². The predicted molar refractivity (Wildman–Crippen MR) is 193 cm³/mol. The Labute approximate surface area is 298 Å². The van der Waals surface area contributed by atoms with Gasteiger partial charge in [0.05, 0.1) is 23.2 Å². The molecule has 3 N–H and O–H groups in total. The number of oxime groups is 1. The van der Waals surface area contributed by atoms with Crippen LogP contribution in [0.1, 0.15) is 68.9 Å². The molecule has 2 aromatic carbocycles. The van der Waals surface area contributed by atoms with Gasteiger partial charge in [0.1, 0.15) is 24.1 Å². The molecule has 6 atom stereocenters. The number of carbonyl (C=O) groups is 1. The molecule has 0 aromatic heterocycles. The van der Waals surface area contributed by atoms with Gasteiger partial charge in [-0.25, -0.2) is 0 Å². The maximum atomic E-state index is 14.0. The van der Waals surface area contributed by atoms with E-state index in [1.165, 1.54) is 18.2 Å². The number of amides is 1. The largest absolute Gasteiger partial charge is 0.508 e. The number of likely N-dealkylation sites (N-methyl/N-ethyl adjacent to an activating group) is 1. The van der Waals surface area contributed by atoms with Gasteiger partial charge in [-0.2, -0.15) is 0 Å². The minimum Gasteiger partial charge on any atom is -0.508 e. The quantitative estimate of drug-likeness (QED) is 0.0579. The monoisotopic (exact) mass is 703 g/mol. The highest BCUT2D eigenvalue weighted by atomic mass is 16.7. The summed E-state index contributed by atoms with van der Waals surface area (Å²) in [7, 11) is 1.70. The van der Waals surface area contributed by atoms with E-state index >= 15 is 0 Å². The van der Waals surface area contributed by atoms with Crippen molar-refractivity contribution in [3.63, 3.8) is 0 Å². The maximum Gasteiger partial charge on any atom is 0.269 e. The van der Waals surface area contributed by atoms with Gasteiger partial charge in [0.15, 0.2) is 0 Å². The lowest BCUT2D eigenvalue weighted by molar-refractivity contribution is -0.384.